The van der Waals surface area contributed by atoms with E-state index in [1.54, 1.807) is 0 Å². The Hall–Kier alpha value is -0.120. The van der Waals surface area contributed by atoms with Gasteiger partial charge in [-0.15, -0.1) is 0 Å². The molecule has 4 atom stereocenters. The van der Waals surface area contributed by atoms with Gasteiger partial charge in [0.1, 0.15) is 0 Å². The van der Waals surface area contributed by atoms with Crippen molar-refractivity contribution in [1.29, 1.82) is 0 Å². The van der Waals surface area contributed by atoms with Crippen LogP contribution in [0.1, 0.15) is 60.8 Å². The molecule has 2 fully saturated rings. The van der Waals surface area contributed by atoms with Crippen molar-refractivity contribution in [2.45, 2.75) is 84.6 Å². The van der Waals surface area contributed by atoms with Crippen LogP contribution in [0.25, 0.3) is 0 Å². The zero-order valence-electron chi connectivity index (χ0n) is 15.0. The minimum atomic E-state index is -0.0147. The van der Waals surface area contributed by atoms with Crippen molar-refractivity contribution in [3.8, 4) is 0 Å². The van der Waals surface area contributed by atoms with Crippen molar-refractivity contribution in [2.24, 2.45) is 11.8 Å². The highest BCUT2D eigenvalue weighted by atomic mass is 16.5. The molecule has 2 aliphatic rings. The average Bonchev–Trinajstić information content (AvgIpc) is 2.36. The molecular weight excluding hydrogens is 260 g/mol. The minimum Gasteiger partial charge on any atom is -0.370 e. The van der Waals surface area contributed by atoms with Gasteiger partial charge in [0.25, 0.3) is 0 Å². The summed E-state index contributed by atoms with van der Waals surface area (Å²) in [5.41, 5.74) is -0.0147. The molecule has 1 aliphatic heterocycles. The lowest BCUT2D eigenvalue weighted by Crippen LogP contribution is -2.61. The maximum atomic E-state index is 6.10. The van der Waals surface area contributed by atoms with E-state index in [4.69, 9.17) is 4.74 Å². The summed E-state index contributed by atoms with van der Waals surface area (Å²) in [6.45, 7) is 16.9. The van der Waals surface area contributed by atoms with E-state index < -0.39 is 0 Å². The van der Waals surface area contributed by atoms with E-state index in [1.165, 1.54) is 19.3 Å². The third kappa shape index (κ3) is 4.43. The zero-order valence-corrected chi connectivity index (χ0v) is 15.0. The number of morpholine rings is 1. The van der Waals surface area contributed by atoms with Crippen molar-refractivity contribution in [1.82, 2.24) is 10.2 Å². The Kier molecular flexibility index (Phi) is 5.72. The third-order valence-electron chi connectivity index (χ3n) is 5.33. The van der Waals surface area contributed by atoms with Crippen LogP contribution >= 0.6 is 0 Å². The Morgan fingerprint density at radius 3 is 2.57 bits per heavy atom. The first kappa shape index (κ1) is 17.2. The lowest BCUT2D eigenvalue weighted by molar-refractivity contribution is -0.144. The standard InChI is InChI=1S/C18H36N2O/c1-7-19-16-9-8-15(13(2)3)10-17(16)20-11-14(4)21-18(5,6)12-20/h13-17,19H,7-12H2,1-6H3. The summed E-state index contributed by atoms with van der Waals surface area (Å²) in [5.74, 6) is 1.69. The van der Waals surface area contributed by atoms with Gasteiger partial charge in [-0.3, -0.25) is 4.90 Å². The van der Waals surface area contributed by atoms with E-state index in [2.05, 4.69) is 51.8 Å². The highest BCUT2D eigenvalue weighted by molar-refractivity contribution is 4.95. The number of ether oxygens (including phenoxy) is 1. The van der Waals surface area contributed by atoms with Gasteiger partial charge in [0, 0.05) is 25.2 Å². The van der Waals surface area contributed by atoms with Crippen LogP contribution in [-0.2, 0) is 4.74 Å². The Labute approximate surface area is 131 Å². The second-order valence-electron chi connectivity index (χ2n) is 8.17. The molecule has 0 aromatic rings. The zero-order chi connectivity index (χ0) is 15.6. The maximum absolute atomic E-state index is 6.10. The van der Waals surface area contributed by atoms with Crippen molar-refractivity contribution in [2.75, 3.05) is 19.6 Å². The van der Waals surface area contributed by atoms with Crippen LogP contribution in [-0.4, -0.2) is 48.3 Å². The van der Waals surface area contributed by atoms with Gasteiger partial charge < -0.3 is 10.1 Å². The topological polar surface area (TPSA) is 24.5 Å². The van der Waals surface area contributed by atoms with Gasteiger partial charge in [0.05, 0.1) is 11.7 Å². The fourth-order valence-electron chi connectivity index (χ4n) is 4.44. The predicted octanol–water partition coefficient (Wildman–Crippen LogP) is 3.29. The molecule has 0 bridgehead atoms. The van der Waals surface area contributed by atoms with Crippen LogP contribution in [0.3, 0.4) is 0 Å². The van der Waals surface area contributed by atoms with Crippen LogP contribution in [0.15, 0.2) is 0 Å². The van der Waals surface area contributed by atoms with Gasteiger partial charge >= 0.3 is 0 Å². The summed E-state index contributed by atoms with van der Waals surface area (Å²) in [6.07, 6.45) is 4.40. The molecule has 1 N–H and O–H groups in total. The molecule has 21 heavy (non-hydrogen) atoms. The molecule has 0 aromatic heterocycles. The van der Waals surface area contributed by atoms with Crippen LogP contribution in [0.5, 0.6) is 0 Å². The molecule has 1 aliphatic carbocycles. The molecule has 0 spiro atoms. The Morgan fingerprint density at radius 1 is 1.29 bits per heavy atom. The van der Waals surface area contributed by atoms with E-state index in [1.807, 2.05) is 0 Å². The monoisotopic (exact) mass is 296 g/mol. The maximum Gasteiger partial charge on any atom is 0.0757 e. The summed E-state index contributed by atoms with van der Waals surface area (Å²) in [7, 11) is 0. The van der Waals surface area contributed by atoms with Crippen molar-refractivity contribution in [3.63, 3.8) is 0 Å². The smallest absolute Gasteiger partial charge is 0.0757 e. The molecule has 3 nitrogen and oxygen atoms in total. The Morgan fingerprint density at radius 2 is 2.00 bits per heavy atom. The number of rotatable bonds is 4. The van der Waals surface area contributed by atoms with Crippen molar-refractivity contribution in [3.05, 3.63) is 0 Å². The molecule has 1 heterocycles. The molecule has 0 amide bonds. The largest absolute Gasteiger partial charge is 0.370 e. The summed E-state index contributed by atoms with van der Waals surface area (Å²) in [6, 6.07) is 1.34. The second kappa shape index (κ2) is 6.97. The third-order valence-corrected chi connectivity index (χ3v) is 5.33. The highest BCUT2D eigenvalue weighted by Gasteiger charge is 2.40. The summed E-state index contributed by atoms with van der Waals surface area (Å²) in [4.78, 5) is 2.72. The van der Waals surface area contributed by atoms with E-state index in [0.29, 0.717) is 18.2 Å². The van der Waals surface area contributed by atoms with Crippen molar-refractivity contribution >= 4 is 0 Å². The van der Waals surface area contributed by atoms with Crippen LogP contribution in [0.4, 0.5) is 0 Å². The number of nitrogens with zero attached hydrogens (tertiary/aromatic N) is 1. The first-order valence-electron chi connectivity index (χ1n) is 8.97. The first-order chi connectivity index (χ1) is 9.82. The first-order valence-corrected chi connectivity index (χ1v) is 8.97. The molecule has 1 saturated heterocycles. The molecule has 4 unspecified atom stereocenters. The van der Waals surface area contributed by atoms with Gasteiger partial charge in [-0.05, 0) is 58.4 Å². The van der Waals surface area contributed by atoms with Gasteiger partial charge in [-0.1, -0.05) is 20.8 Å². The SMILES string of the molecule is CCNC1CCC(C(C)C)CC1N1CC(C)OC(C)(C)C1. The van der Waals surface area contributed by atoms with Gasteiger partial charge in [-0.25, -0.2) is 0 Å². The van der Waals surface area contributed by atoms with Crippen LogP contribution in [0, 0.1) is 11.8 Å². The quantitative estimate of drug-likeness (QED) is 0.861. The van der Waals surface area contributed by atoms with Gasteiger partial charge in [0.15, 0.2) is 0 Å². The number of nitrogens with one attached hydrogen (secondary N) is 1. The van der Waals surface area contributed by atoms with Gasteiger partial charge in [-0.2, -0.15) is 0 Å². The van der Waals surface area contributed by atoms with Crippen LogP contribution < -0.4 is 5.32 Å². The summed E-state index contributed by atoms with van der Waals surface area (Å²) in [5, 5.41) is 3.75. The summed E-state index contributed by atoms with van der Waals surface area (Å²) < 4.78 is 6.10. The highest BCUT2D eigenvalue weighted by Crippen LogP contribution is 2.35. The van der Waals surface area contributed by atoms with Crippen molar-refractivity contribution < 1.29 is 4.74 Å². The second-order valence-corrected chi connectivity index (χ2v) is 8.17. The Bertz CT molecular complexity index is 329. The molecule has 0 radical (unpaired) electrons. The lowest BCUT2D eigenvalue weighted by atomic mass is 9.76. The molecule has 1 saturated carbocycles. The van der Waals surface area contributed by atoms with Crippen LogP contribution in [0.2, 0.25) is 0 Å². The number of hydrogen-bond donors (Lipinski definition) is 1. The lowest BCUT2D eigenvalue weighted by Gasteiger charge is -2.50. The molecular formula is C18H36N2O. The Balaban J connectivity index is 2.10. The molecule has 3 heteroatoms. The molecule has 124 valence electrons. The molecule has 0 aromatic carbocycles. The predicted molar refractivity (Wildman–Crippen MR) is 89.6 cm³/mol. The summed E-state index contributed by atoms with van der Waals surface area (Å²) >= 11 is 0. The van der Waals surface area contributed by atoms with E-state index in [9.17, 15) is 0 Å². The normalized spacial score (nSPS) is 37.9. The number of hydrogen-bond acceptors (Lipinski definition) is 3. The molecule has 2 rings (SSSR count). The fourth-order valence-corrected chi connectivity index (χ4v) is 4.44. The average molecular weight is 296 g/mol. The van der Waals surface area contributed by atoms with E-state index >= 15 is 0 Å². The fraction of sp³-hybridized carbons (Fsp3) is 1.00. The van der Waals surface area contributed by atoms with Gasteiger partial charge in [0.2, 0.25) is 0 Å². The minimum absolute atomic E-state index is 0.0147. The number of likely N-dealkylation sites (N-methyl/N-ethyl adjacent to an activating group) is 1. The van der Waals surface area contributed by atoms with E-state index in [-0.39, 0.29) is 5.60 Å². The van der Waals surface area contributed by atoms with E-state index in [0.717, 1.165) is 31.5 Å².